The summed E-state index contributed by atoms with van der Waals surface area (Å²) in [5, 5.41) is 24.1. The van der Waals surface area contributed by atoms with Gasteiger partial charge in [-0.05, 0) is 36.8 Å². The smallest absolute Gasteiger partial charge is 0.277 e. The molecule has 0 saturated carbocycles. The van der Waals surface area contributed by atoms with Crippen LogP contribution in [0.3, 0.4) is 0 Å². The number of hydrogen-bond donors (Lipinski definition) is 2. The van der Waals surface area contributed by atoms with Crippen LogP contribution in [-0.4, -0.2) is 35.4 Å². The molecule has 136 valence electrons. The van der Waals surface area contributed by atoms with E-state index in [2.05, 4.69) is 10.5 Å². The third-order valence-corrected chi connectivity index (χ3v) is 3.08. The van der Waals surface area contributed by atoms with E-state index in [0.29, 0.717) is 17.9 Å². The Bertz CT molecular complexity index is 822. The van der Waals surface area contributed by atoms with Crippen molar-refractivity contribution in [2.75, 3.05) is 13.2 Å². The van der Waals surface area contributed by atoms with Gasteiger partial charge in [-0.2, -0.15) is 5.10 Å². The fraction of sp³-hybridized carbons (Fsp3) is 0.176. The lowest BCUT2D eigenvalue weighted by atomic mass is 10.2. The van der Waals surface area contributed by atoms with E-state index in [4.69, 9.17) is 9.47 Å². The Morgan fingerprint density at radius 1 is 1.31 bits per heavy atom. The molecule has 0 aliphatic rings. The zero-order valence-electron chi connectivity index (χ0n) is 13.9. The molecule has 0 aliphatic heterocycles. The average Bonchev–Trinajstić information content (AvgIpc) is 2.63. The standard InChI is InChI=1S/C17H17N3O6/c1-2-25-16-8-12(6-7-15(16)21)10-18-19-17(22)11-26-14-5-3-4-13(9-14)20(23)24/h3-10,21H,2,11H2,1H3,(H,19,22)/b18-10+. The monoisotopic (exact) mass is 359 g/mol. The molecule has 0 unspecified atom stereocenters. The summed E-state index contributed by atoms with van der Waals surface area (Å²) in [4.78, 5) is 21.8. The van der Waals surface area contributed by atoms with Gasteiger partial charge in [0.15, 0.2) is 18.1 Å². The molecule has 9 heteroatoms. The summed E-state index contributed by atoms with van der Waals surface area (Å²) in [5.41, 5.74) is 2.76. The van der Waals surface area contributed by atoms with Crippen molar-refractivity contribution in [3.8, 4) is 17.2 Å². The lowest BCUT2D eigenvalue weighted by molar-refractivity contribution is -0.384. The van der Waals surface area contributed by atoms with E-state index < -0.39 is 10.8 Å². The number of hydrogen-bond acceptors (Lipinski definition) is 7. The number of nitrogens with one attached hydrogen (secondary N) is 1. The van der Waals surface area contributed by atoms with Crippen molar-refractivity contribution < 1.29 is 24.3 Å². The molecule has 0 heterocycles. The van der Waals surface area contributed by atoms with Crippen LogP contribution in [0.5, 0.6) is 17.2 Å². The highest BCUT2D eigenvalue weighted by molar-refractivity contribution is 5.83. The Hall–Kier alpha value is -3.62. The molecule has 0 bridgehead atoms. The van der Waals surface area contributed by atoms with Crippen molar-refractivity contribution in [2.45, 2.75) is 6.92 Å². The Morgan fingerprint density at radius 2 is 2.12 bits per heavy atom. The van der Waals surface area contributed by atoms with E-state index in [9.17, 15) is 20.0 Å². The molecule has 2 aromatic rings. The molecule has 0 saturated heterocycles. The summed E-state index contributed by atoms with van der Waals surface area (Å²) in [6, 6.07) is 10.2. The van der Waals surface area contributed by atoms with Crippen molar-refractivity contribution in [1.82, 2.24) is 5.43 Å². The number of nitrogens with zero attached hydrogens (tertiary/aromatic N) is 2. The predicted octanol–water partition coefficient (Wildman–Crippen LogP) is 2.23. The minimum atomic E-state index is -0.550. The van der Waals surface area contributed by atoms with E-state index in [-0.39, 0.29) is 23.8 Å². The summed E-state index contributed by atoms with van der Waals surface area (Å²) < 4.78 is 10.4. The predicted molar refractivity (Wildman–Crippen MR) is 93.6 cm³/mol. The molecule has 9 nitrogen and oxygen atoms in total. The topological polar surface area (TPSA) is 123 Å². The van der Waals surface area contributed by atoms with Crippen molar-refractivity contribution in [3.05, 3.63) is 58.1 Å². The fourth-order valence-corrected chi connectivity index (χ4v) is 1.93. The van der Waals surface area contributed by atoms with Gasteiger partial charge in [0.25, 0.3) is 11.6 Å². The van der Waals surface area contributed by atoms with Gasteiger partial charge in [-0.3, -0.25) is 14.9 Å². The van der Waals surface area contributed by atoms with Crippen LogP contribution in [0.2, 0.25) is 0 Å². The molecular weight excluding hydrogens is 342 g/mol. The van der Waals surface area contributed by atoms with Gasteiger partial charge in [-0.25, -0.2) is 5.43 Å². The van der Waals surface area contributed by atoms with E-state index in [1.165, 1.54) is 36.5 Å². The highest BCUT2D eigenvalue weighted by atomic mass is 16.6. The SMILES string of the molecule is CCOc1cc(/C=N/NC(=O)COc2cccc([N+](=O)[O-])c2)ccc1O. The summed E-state index contributed by atoms with van der Waals surface area (Å²) in [5.74, 6) is 0.00459. The van der Waals surface area contributed by atoms with Crippen molar-refractivity contribution in [2.24, 2.45) is 5.10 Å². The first-order valence-electron chi connectivity index (χ1n) is 7.64. The summed E-state index contributed by atoms with van der Waals surface area (Å²) in [6.45, 7) is 1.85. The Labute approximate surface area is 149 Å². The number of amides is 1. The molecule has 2 rings (SSSR count). The third-order valence-electron chi connectivity index (χ3n) is 3.08. The van der Waals surface area contributed by atoms with E-state index in [1.807, 2.05) is 0 Å². The Morgan fingerprint density at radius 3 is 2.85 bits per heavy atom. The average molecular weight is 359 g/mol. The van der Waals surface area contributed by atoms with E-state index in [0.717, 1.165) is 0 Å². The van der Waals surface area contributed by atoms with E-state index in [1.54, 1.807) is 19.1 Å². The number of nitro groups is 1. The van der Waals surface area contributed by atoms with E-state index >= 15 is 0 Å². The molecule has 2 N–H and O–H groups in total. The largest absolute Gasteiger partial charge is 0.504 e. The first-order chi connectivity index (χ1) is 12.5. The van der Waals surface area contributed by atoms with Crippen LogP contribution in [-0.2, 0) is 4.79 Å². The summed E-state index contributed by atoms with van der Waals surface area (Å²) in [6.07, 6.45) is 1.38. The molecule has 0 aromatic heterocycles. The number of benzene rings is 2. The van der Waals surface area contributed by atoms with Crippen LogP contribution in [0.15, 0.2) is 47.6 Å². The van der Waals surface area contributed by atoms with Crippen LogP contribution in [0.4, 0.5) is 5.69 Å². The summed E-state index contributed by atoms with van der Waals surface area (Å²) >= 11 is 0. The van der Waals surface area contributed by atoms with Crippen LogP contribution in [0, 0.1) is 10.1 Å². The first kappa shape index (κ1) is 18.7. The molecule has 1 amide bonds. The number of hydrazone groups is 1. The van der Waals surface area contributed by atoms with Gasteiger partial charge in [0.1, 0.15) is 5.75 Å². The molecule has 0 spiro atoms. The first-order valence-corrected chi connectivity index (χ1v) is 7.64. The van der Waals surface area contributed by atoms with Crippen molar-refractivity contribution in [1.29, 1.82) is 0 Å². The minimum Gasteiger partial charge on any atom is -0.504 e. The van der Waals surface area contributed by atoms with Gasteiger partial charge in [0.05, 0.1) is 23.8 Å². The zero-order chi connectivity index (χ0) is 18.9. The Balaban J connectivity index is 1.87. The molecule has 26 heavy (non-hydrogen) atoms. The highest BCUT2D eigenvalue weighted by Gasteiger charge is 2.08. The van der Waals surface area contributed by atoms with Crippen LogP contribution in [0.25, 0.3) is 0 Å². The lowest BCUT2D eigenvalue weighted by Gasteiger charge is -2.06. The number of phenolic OH excluding ortho intramolecular Hbond substituents is 1. The number of carbonyl (C=O) groups excluding carboxylic acids is 1. The molecule has 2 aromatic carbocycles. The lowest BCUT2D eigenvalue weighted by Crippen LogP contribution is -2.24. The molecule has 0 radical (unpaired) electrons. The number of rotatable bonds is 8. The molecule has 0 atom stereocenters. The van der Waals surface area contributed by atoms with Gasteiger partial charge >= 0.3 is 0 Å². The third kappa shape index (κ3) is 5.48. The number of ether oxygens (including phenoxy) is 2. The number of aromatic hydroxyl groups is 1. The number of carbonyl (C=O) groups is 1. The van der Waals surface area contributed by atoms with Gasteiger partial charge in [-0.15, -0.1) is 0 Å². The highest BCUT2D eigenvalue weighted by Crippen LogP contribution is 2.26. The molecular formula is C17H17N3O6. The second kappa shape index (κ2) is 9.02. The maximum absolute atomic E-state index is 11.7. The van der Waals surface area contributed by atoms with Crippen LogP contribution >= 0.6 is 0 Å². The second-order valence-electron chi connectivity index (χ2n) is 5.00. The number of non-ortho nitro benzene ring substituents is 1. The van der Waals surface area contributed by atoms with Gasteiger partial charge in [0.2, 0.25) is 0 Å². The van der Waals surface area contributed by atoms with Gasteiger partial charge in [-0.1, -0.05) is 6.07 Å². The quantitative estimate of drug-likeness (QED) is 0.423. The maximum Gasteiger partial charge on any atom is 0.277 e. The molecule has 0 aliphatic carbocycles. The second-order valence-corrected chi connectivity index (χ2v) is 5.00. The minimum absolute atomic E-state index is 0.0124. The van der Waals surface area contributed by atoms with Crippen LogP contribution in [0.1, 0.15) is 12.5 Å². The van der Waals surface area contributed by atoms with Gasteiger partial charge < -0.3 is 14.6 Å². The number of phenols is 1. The number of nitro benzene ring substituents is 1. The van der Waals surface area contributed by atoms with Gasteiger partial charge in [0, 0.05) is 6.07 Å². The zero-order valence-corrected chi connectivity index (χ0v) is 13.9. The molecule has 0 fully saturated rings. The summed E-state index contributed by atoms with van der Waals surface area (Å²) in [7, 11) is 0. The normalized spacial score (nSPS) is 10.5. The van der Waals surface area contributed by atoms with Crippen molar-refractivity contribution in [3.63, 3.8) is 0 Å². The van der Waals surface area contributed by atoms with Crippen LogP contribution < -0.4 is 14.9 Å². The van der Waals surface area contributed by atoms with Crippen molar-refractivity contribution >= 4 is 17.8 Å². The Kier molecular flexibility index (Phi) is 6.49. The maximum atomic E-state index is 11.7. The fourth-order valence-electron chi connectivity index (χ4n) is 1.93.